The Bertz CT molecular complexity index is 384. The van der Waals surface area contributed by atoms with Crippen molar-refractivity contribution in [3.63, 3.8) is 0 Å². The Morgan fingerprint density at radius 1 is 1.24 bits per heavy atom. The number of fused-ring (bicyclic) bond motifs is 1. The summed E-state index contributed by atoms with van der Waals surface area (Å²) in [7, 11) is 0. The average molecular weight is 230 g/mol. The van der Waals surface area contributed by atoms with Crippen molar-refractivity contribution in [3.05, 3.63) is 35.4 Å². The van der Waals surface area contributed by atoms with Crippen LogP contribution in [0.1, 0.15) is 43.7 Å². The molecule has 2 nitrogen and oxygen atoms in total. The largest absolute Gasteiger partial charge is 0.324 e. The first-order valence-corrected chi connectivity index (χ1v) is 6.82. The van der Waals surface area contributed by atoms with Gasteiger partial charge in [0.2, 0.25) is 0 Å². The van der Waals surface area contributed by atoms with Crippen molar-refractivity contribution in [2.75, 3.05) is 0 Å². The van der Waals surface area contributed by atoms with Gasteiger partial charge in [0.15, 0.2) is 0 Å². The molecule has 0 saturated heterocycles. The molecule has 0 amide bonds. The van der Waals surface area contributed by atoms with E-state index in [9.17, 15) is 0 Å². The molecule has 1 aromatic rings. The molecule has 0 radical (unpaired) electrons. The minimum absolute atomic E-state index is 0.123. The second kappa shape index (κ2) is 4.11. The van der Waals surface area contributed by atoms with E-state index in [1.807, 2.05) is 0 Å². The molecule has 1 aliphatic carbocycles. The maximum atomic E-state index is 6.45. The van der Waals surface area contributed by atoms with Gasteiger partial charge >= 0.3 is 0 Å². The van der Waals surface area contributed by atoms with Gasteiger partial charge in [-0.25, -0.2) is 0 Å². The summed E-state index contributed by atoms with van der Waals surface area (Å²) < 4.78 is 0. The van der Waals surface area contributed by atoms with Crippen LogP contribution in [0.25, 0.3) is 0 Å². The molecule has 1 atom stereocenters. The summed E-state index contributed by atoms with van der Waals surface area (Å²) in [5.41, 5.74) is 9.57. The molecule has 2 N–H and O–H groups in total. The van der Waals surface area contributed by atoms with Crippen molar-refractivity contribution >= 4 is 0 Å². The molecular formula is C15H22N2. The second-order valence-corrected chi connectivity index (χ2v) is 5.71. The molecule has 17 heavy (non-hydrogen) atoms. The van der Waals surface area contributed by atoms with Crippen LogP contribution in [0, 0.1) is 0 Å². The molecule has 1 saturated carbocycles. The van der Waals surface area contributed by atoms with E-state index in [0.717, 1.165) is 13.1 Å². The summed E-state index contributed by atoms with van der Waals surface area (Å²) in [5, 5.41) is 0. The SMILES string of the molecule is CCCC(N1Cc2ccccc2C1)C1(N)CC1. The third-order valence-corrected chi connectivity index (χ3v) is 4.36. The highest BCUT2D eigenvalue weighted by molar-refractivity contribution is 5.31. The third kappa shape index (κ3) is 2.00. The van der Waals surface area contributed by atoms with Crippen LogP contribution in [0.5, 0.6) is 0 Å². The Kier molecular flexibility index (Phi) is 2.72. The number of hydrogen-bond acceptors (Lipinski definition) is 2. The maximum absolute atomic E-state index is 6.45. The van der Waals surface area contributed by atoms with Crippen LogP contribution in [0.4, 0.5) is 0 Å². The molecule has 92 valence electrons. The van der Waals surface area contributed by atoms with E-state index in [1.54, 1.807) is 0 Å². The molecule has 0 spiro atoms. The molecule has 2 aliphatic rings. The predicted octanol–water partition coefficient (Wildman–Crippen LogP) is 2.66. The second-order valence-electron chi connectivity index (χ2n) is 5.71. The highest BCUT2D eigenvalue weighted by Crippen LogP contribution is 2.42. The van der Waals surface area contributed by atoms with Crippen molar-refractivity contribution in [2.45, 2.75) is 57.3 Å². The molecule has 1 aromatic carbocycles. The minimum atomic E-state index is 0.123. The highest BCUT2D eigenvalue weighted by Gasteiger charge is 2.48. The smallest absolute Gasteiger partial charge is 0.0313 e. The molecule has 1 aliphatic heterocycles. The van der Waals surface area contributed by atoms with Gasteiger partial charge in [0.1, 0.15) is 0 Å². The molecule has 0 bridgehead atoms. The van der Waals surface area contributed by atoms with E-state index in [0.29, 0.717) is 6.04 Å². The maximum Gasteiger partial charge on any atom is 0.0313 e. The first-order valence-electron chi connectivity index (χ1n) is 6.82. The van der Waals surface area contributed by atoms with Gasteiger partial charge in [-0.3, -0.25) is 4.90 Å². The molecular weight excluding hydrogens is 208 g/mol. The average Bonchev–Trinajstić information content (AvgIpc) is 2.94. The lowest BCUT2D eigenvalue weighted by molar-refractivity contribution is 0.152. The van der Waals surface area contributed by atoms with E-state index in [-0.39, 0.29) is 5.54 Å². The van der Waals surface area contributed by atoms with Crippen LogP contribution in [-0.4, -0.2) is 16.5 Å². The van der Waals surface area contributed by atoms with Gasteiger partial charge in [0.25, 0.3) is 0 Å². The lowest BCUT2D eigenvalue weighted by atomic mass is 10.0. The normalized spacial score (nSPS) is 23.4. The summed E-state index contributed by atoms with van der Waals surface area (Å²) >= 11 is 0. The molecule has 3 rings (SSSR count). The molecule has 1 unspecified atom stereocenters. The van der Waals surface area contributed by atoms with Crippen molar-refractivity contribution in [1.82, 2.24) is 4.90 Å². The van der Waals surface area contributed by atoms with E-state index < -0.39 is 0 Å². The van der Waals surface area contributed by atoms with Gasteiger partial charge in [-0.05, 0) is 30.4 Å². The zero-order valence-electron chi connectivity index (χ0n) is 10.7. The molecule has 1 fully saturated rings. The number of benzene rings is 1. The van der Waals surface area contributed by atoms with Crippen molar-refractivity contribution in [1.29, 1.82) is 0 Å². The highest BCUT2D eigenvalue weighted by atomic mass is 15.2. The Labute approximate surface area is 104 Å². The van der Waals surface area contributed by atoms with Gasteiger partial charge in [-0.2, -0.15) is 0 Å². The Balaban J connectivity index is 1.77. The van der Waals surface area contributed by atoms with E-state index in [2.05, 4.69) is 36.1 Å². The summed E-state index contributed by atoms with van der Waals surface area (Å²) in [6.07, 6.45) is 4.90. The minimum Gasteiger partial charge on any atom is -0.324 e. The van der Waals surface area contributed by atoms with Crippen LogP contribution in [0.15, 0.2) is 24.3 Å². The molecule has 2 heteroatoms. The van der Waals surface area contributed by atoms with Crippen LogP contribution in [-0.2, 0) is 13.1 Å². The number of rotatable bonds is 4. The molecule has 1 heterocycles. The lowest BCUT2D eigenvalue weighted by Crippen LogP contribution is -2.47. The fourth-order valence-electron chi connectivity index (χ4n) is 3.16. The monoisotopic (exact) mass is 230 g/mol. The predicted molar refractivity (Wildman–Crippen MR) is 70.5 cm³/mol. The Morgan fingerprint density at radius 2 is 1.82 bits per heavy atom. The number of nitrogens with two attached hydrogens (primary N) is 1. The van der Waals surface area contributed by atoms with Gasteiger partial charge in [0.05, 0.1) is 0 Å². The standard InChI is InChI=1S/C15H22N2/c1-2-5-14(15(16)8-9-15)17-10-12-6-3-4-7-13(12)11-17/h3-4,6-7,14H,2,5,8-11,16H2,1H3. The Hall–Kier alpha value is -0.860. The van der Waals surface area contributed by atoms with Crippen LogP contribution in [0.3, 0.4) is 0 Å². The van der Waals surface area contributed by atoms with E-state index in [4.69, 9.17) is 5.73 Å². The fraction of sp³-hybridized carbons (Fsp3) is 0.600. The fourth-order valence-corrected chi connectivity index (χ4v) is 3.16. The quantitative estimate of drug-likeness (QED) is 0.861. The lowest BCUT2D eigenvalue weighted by Gasteiger charge is -2.32. The van der Waals surface area contributed by atoms with Crippen molar-refractivity contribution in [3.8, 4) is 0 Å². The Morgan fingerprint density at radius 3 is 2.29 bits per heavy atom. The molecule has 0 aromatic heterocycles. The van der Waals surface area contributed by atoms with Crippen LogP contribution in [0.2, 0.25) is 0 Å². The first kappa shape index (κ1) is 11.2. The third-order valence-electron chi connectivity index (χ3n) is 4.36. The van der Waals surface area contributed by atoms with Crippen molar-refractivity contribution < 1.29 is 0 Å². The van der Waals surface area contributed by atoms with Crippen molar-refractivity contribution in [2.24, 2.45) is 5.73 Å². The van der Waals surface area contributed by atoms with Gasteiger partial charge in [0, 0.05) is 24.7 Å². The summed E-state index contributed by atoms with van der Waals surface area (Å²) in [6, 6.07) is 9.39. The van der Waals surface area contributed by atoms with Gasteiger partial charge < -0.3 is 5.73 Å². The summed E-state index contributed by atoms with van der Waals surface area (Å²) in [6.45, 7) is 4.46. The van der Waals surface area contributed by atoms with Crippen LogP contribution >= 0.6 is 0 Å². The number of nitrogens with zero attached hydrogens (tertiary/aromatic N) is 1. The van der Waals surface area contributed by atoms with Gasteiger partial charge in [-0.1, -0.05) is 37.6 Å². The summed E-state index contributed by atoms with van der Waals surface area (Å²) in [5.74, 6) is 0. The van der Waals surface area contributed by atoms with Crippen LogP contribution < -0.4 is 5.73 Å². The van der Waals surface area contributed by atoms with E-state index >= 15 is 0 Å². The topological polar surface area (TPSA) is 29.3 Å². The zero-order chi connectivity index (χ0) is 11.9. The first-order chi connectivity index (χ1) is 8.23. The zero-order valence-corrected chi connectivity index (χ0v) is 10.7. The van der Waals surface area contributed by atoms with Gasteiger partial charge in [-0.15, -0.1) is 0 Å². The van der Waals surface area contributed by atoms with E-state index in [1.165, 1.54) is 36.8 Å². The number of hydrogen-bond donors (Lipinski definition) is 1. The summed E-state index contributed by atoms with van der Waals surface area (Å²) in [4.78, 5) is 2.60.